The lowest BCUT2D eigenvalue weighted by Crippen LogP contribution is -2.54. The summed E-state index contributed by atoms with van der Waals surface area (Å²) in [4.78, 5) is 38.1. The molecule has 0 unspecified atom stereocenters. The van der Waals surface area contributed by atoms with Gasteiger partial charge in [-0.05, 0) is 41.5 Å². The maximum atomic E-state index is 14.2. The number of rotatable bonds is 6. The zero-order valence-corrected chi connectivity index (χ0v) is 17.6. The van der Waals surface area contributed by atoms with Crippen LogP contribution in [0.2, 0.25) is 0 Å². The molecule has 0 aromatic heterocycles. The third kappa shape index (κ3) is 4.59. The second-order valence-electron chi connectivity index (χ2n) is 7.09. The van der Waals surface area contributed by atoms with Crippen LogP contribution in [-0.2, 0) is 16.2 Å². The number of imide groups is 2. The van der Waals surface area contributed by atoms with Crippen molar-refractivity contribution in [3.8, 4) is 11.5 Å². The van der Waals surface area contributed by atoms with Gasteiger partial charge in [-0.2, -0.15) is 0 Å². The van der Waals surface area contributed by atoms with Gasteiger partial charge in [0.2, 0.25) is 0 Å². The second kappa shape index (κ2) is 9.35. The van der Waals surface area contributed by atoms with Crippen molar-refractivity contribution in [1.82, 2.24) is 5.32 Å². The molecule has 1 N–H and O–H groups in total. The topological polar surface area (TPSA) is 84.9 Å². The number of nitrogens with one attached hydrogen (secondary N) is 1. The van der Waals surface area contributed by atoms with Gasteiger partial charge in [-0.3, -0.25) is 14.9 Å². The molecule has 0 saturated carbocycles. The van der Waals surface area contributed by atoms with E-state index in [1.165, 1.54) is 31.4 Å². The van der Waals surface area contributed by atoms with Crippen LogP contribution in [0.1, 0.15) is 11.1 Å². The van der Waals surface area contributed by atoms with Crippen LogP contribution in [0.25, 0.3) is 6.08 Å². The number of nitrogens with zero attached hydrogens (tertiary/aromatic N) is 1. The lowest BCUT2D eigenvalue weighted by Gasteiger charge is -2.26. The van der Waals surface area contributed by atoms with Crippen LogP contribution < -0.4 is 19.7 Å². The summed E-state index contributed by atoms with van der Waals surface area (Å²) in [5.41, 5.74) is 0.867. The fourth-order valence-corrected chi connectivity index (χ4v) is 3.30. The van der Waals surface area contributed by atoms with Crippen molar-refractivity contribution >= 4 is 29.6 Å². The van der Waals surface area contributed by atoms with Gasteiger partial charge in [-0.15, -0.1) is 0 Å². The minimum Gasteiger partial charge on any atom is -0.493 e. The Hall–Kier alpha value is -4.46. The van der Waals surface area contributed by atoms with E-state index in [1.54, 1.807) is 18.2 Å². The first-order valence-electron chi connectivity index (χ1n) is 9.98. The zero-order chi connectivity index (χ0) is 23.4. The predicted octanol–water partition coefficient (Wildman–Crippen LogP) is 4.08. The van der Waals surface area contributed by atoms with Crippen molar-refractivity contribution < 1.29 is 28.2 Å². The highest BCUT2D eigenvalue weighted by molar-refractivity contribution is 6.39. The van der Waals surface area contributed by atoms with Crippen molar-refractivity contribution in [2.45, 2.75) is 6.61 Å². The van der Waals surface area contributed by atoms with Gasteiger partial charge in [0.25, 0.3) is 11.8 Å². The largest absolute Gasteiger partial charge is 0.493 e. The van der Waals surface area contributed by atoms with E-state index in [0.29, 0.717) is 28.6 Å². The molecular formula is C25H19FN2O5. The molecule has 1 fully saturated rings. The summed E-state index contributed by atoms with van der Waals surface area (Å²) in [5, 5.41) is 2.07. The van der Waals surface area contributed by atoms with Crippen LogP contribution in [0.5, 0.6) is 11.5 Å². The number of ether oxygens (including phenoxy) is 2. The van der Waals surface area contributed by atoms with E-state index < -0.39 is 23.7 Å². The Kier molecular flexibility index (Phi) is 6.17. The van der Waals surface area contributed by atoms with Crippen LogP contribution in [0.15, 0.2) is 78.4 Å². The number of methoxy groups -OCH3 is 1. The highest BCUT2D eigenvalue weighted by Gasteiger charge is 2.37. The Morgan fingerprint density at radius 3 is 2.39 bits per heavy atom. The van der Waals surface area contributed by atoms with Gasteiger partial charge in [0, 0.05) is 0 Å². The van der Waals surface area contributed by atoms with Gasteiger partial charge >= 0.3 is 6.03 Å². The molecule has 3 aromatic rings. The van der Waals surface area contributed by atoms with E-state index in [1.807, 2.05) is 30.3 Å². The molecule has 7 nitrogen and oxygen atoms in total. The summed E-state index contributed by atoms with van der Waals surface area (Å²) < 4.78 is 25.4. The lowest BCUT2D eigenvalue weighted by molar-refractivity contribution is -0.122. The van der Waals surface area contributed by atoms with E-state index in [9.17, 15) is 18.8 Å². The fraction of sp³-hybridized carbons (Fsp3) is 0.0800. The van der Waals surface area contributed by atoms with Gasteiger partial charge in [0.1, 0.15) is 18.0 Å². The molecule has 0 radical (unpaired) electrons. The minimum atomic E-state index is -1.02. The van der Waals surface area contributed by atoms with E-state index >= 15 is 0 Å². The number of barbiturate groups is 1. The monoisotopic (exact) mass is 446 g/mol. The standard InChI is InChI=1S/C25H19FN2O5/c1-32-22-14-17(11-12-21(22)33-15-16-7-3-2-4-8-16)13-18-23(29)27-25(31)28(24(18)30)20-10-6-5-9-19(20)26/h2-14H,15H2,1H3,(H,27,29,31)/b18-13-. The molecule has 1 aliphatic rings. The van der Waals surface area contributed by atoms with Crippen molar-refractivity contribution in [3.05, 3.63) is 95.3 Å². The second-order valence-corrected chi connectivity index (χ2v) is 7.09. The Labute approximate surface area is 189 Å². The number of hydrogen-bond donors (Lipinski definition) is 1. The van der Waals surface area contributed by atoms with Crippen LogP contribution in [0, 0.1) is 5.82 Å². The lowest BCUT2D eigenvalue weighted by atomic mass is 10.1. The van der Waals surface area contributed by atoms with Crippen LogP contribution in [-0.4, -0.2) is 25.0 Å². The molecule has 0 bridgehead atoms. The molecule has 8 heteroatoms. The number of benzene rings is 3. The first-order valence-corrected chi connectivity index (χ1v) is 9.98. The van der Waals surface area contributed by atoms with Gasteiger partial charge in [-0.25, -0.2) is 14.1 Å². The molecular weight excluding hydrogens is 427 g/mol. The molecule has 33 heavy (non-hydrogen) atoms. The Morgan fingerprint density at radius 2 is 1.67 bits per heavy atom. The van der Waals surface area contributed by atoms with Crippen LogP contribution in [0.4, 0.5) is 14.9 Å². The summed E-state index contributed by atoms with van der Waals surface area (Å²) in [6.45, 7) is 0.332. The van der Waals surface area contributed by atoms with E-state index in [4.69, 9.17) is 9.47 Å². The number of halogens is 1. The SMILES string of the molecule is COc1cc(/C=C2/C(=O)NC(=O)N(c3ccccc3F)C2=O)ccc1OCc1ccccc1. The van der Waals surface area contributed by atoms with E-state index in [-0.39, 0.29) is 11.3 Å². The molecule has 4 rings (SSSR count). The number of urea groups is 1. The van der Waals surface area contributed by atoms with Crippen LogP contribution >= 0.6 is 0 Å². The maximum Gasteiger partial charge on any atom is 0.336 e. The Bertz CT molecular complexity index is 1260. The molecule has 1 heterocycles. The smallest absolute Gasteiger partial charge is 0.336 e. The molecule has 166 valence electrons. The van der Waals surface area contributed by atoms with Crippen LogP contribution in [0.3, 0.4) is 0 Å². The number of para-hydroxylation sites is 1. The summed E-state index contributed by atoms with van der Waals surface area (Å²) in [6.07, 6.45) is 1.31. The third-order valence-corrected chi connectivity index (χ3v) is 4.93. The molecule has 0 spiro atoms. The average Bonchev–Trinajstić information content (AvgIpc) is 2.82. The van der Waals surface area contributed by atoms with Gasteiger partial charge in [-0.1, -0.05) is 48.5 Å². The zero-order valence-electron chi connectivity index (χ0n) is 17.6. The van der Waals surface area contributed by atoms with Gasteiger partial charge in [0.15, 0.2) is 11.5 Å². The Balaban J connectivity index is 1.61. The molecule has 4 amide bonds. The normalized spacial score (nSPS) is 14.9. The first-order chi connectivity index (χ1) is 16.0. The number of amides is 4. The van der Waals surface area contributed by atoms with Crippen molar-refractivity contribution in [3.63, 3.8) is 0 Å². The molecule has 3 aromatic carbocycles. The summed E-state index contributed by atoms with van der Waals surface area (Å²) in [5.74, 6) is -1.70. The molecule has 0 aliphatic carbocycles. The van der Waals surface area contributed by atoms with E-state index in [2.05, 4.69) is 5.32 Å². The third-order valence-electron chi connectivity index (χ3n) is 4.93. The number of carbonyl (C=O) groups excluding carboxylic acids is 3. The van der Waals surface area contributed by atoms with E-state index in [0.717, 1.165) is 11.6 Å². The minimum absolute atomic E-state index is 0.249. The van der Waals surface area contributed by atoms with Crippen molar-refractivity contribution in [1.29, 1.82) is 0 Å². The summed E-state index contributed by atoms with van der Waals surface area (Å²) in [6, 6.07) is 18.8. The number of anilines is 1. The van der Waals surface area contributed by atoms with Crippen molar-refractivity contribution in [2.24, 2.45) is 0 Å². The quantitative estimate of drug-likeness (QED) is 0.456. The van der Waals surface area contributed by atoms with Gasteiger partial charge in [0.05, 0.1) is 12.8 Å². The van der Waals surface area contributed by atoms with Crippen molar-refractivity contribution in [2.75, 3.05) is 12.0 Å². The summed E-state index contributed by atoms with van der Waals surface area (Å²) in [7, 11) is 1.47. The number of carbonyl (C=O) groups is 3. The fourth-order valence-electron chi connectivity index (χ4n) is 3.30. The highest BCUT2D eigenvalue weighted by atomic mass is 19.1. The molecule has 1 aliphatic heterocycles. The predicted molar refractivity (Wildman–Crippen MR) is 119 cm³/mol. The maximum absolute atomic E-state index is 14.2. The number of hydrogen-bond acceptors (Lipinski definition) is 5. The molecule has 1 saturated heterocycles. The Morgan fingerprint density at radius 1 is 0.939 bits per heavy atom. The first kappa shape index (κ1) is 21.8. The highest BCUT2D eigenvalue weighted by Crippen LogP contribution is 2.31. The molecule has 0 atom stereocenters. The van der Waals surface area contributed by atoms with Gasteiger partial charge < -0.3 is 9.47 Å². The average molecular weight is 446 g/mol. The summed E-state index contributed by atoms with van der Waals surface area (Å²) >= 11 is 0.